The average molecular weight is 421 g/mol. The number of rotatable bonds is 4. The summed E-state index contributed by atoms with van der Waals surface area (Å²) in [5.41, 5.74) is 2.98. The lowest BCUT2D eigenvalue weighted by molar-refractivity contribution is -0.121. The van der Waals surface area contributed by atoms with Crippen LogP contribution in [0.15, 0.2) is 36.4 Å². The van der Waals surface area contributed by atoms with Crippen LogP contribution in [0.5, 0.6) is 0 Å². The van der Waals surface area contributed by atoms with E-state index in [4.69, 9.17) is 16.9 Å². The predicted octanol–water partition coefficient (Wildman–Crippen LogP) is 4.42. The summed E-state index contributed by atoms with van der Waals surface area (Å²) < 4.78 is 0. The molecule has 0 spiro atoms. The molecule has 0 heterocycles. The quantitative estimate of drug-likeness (QED) is 0.565. The number of carbonyl (C=O) groups excluding carboxylic acids is 2. The van der Waals surface area contributed by atoms with Gasteiger partial charge in [0.2, 0.25) is 0 Å². The Morgan fingerprint density at radius 2 is 1.90 bits per heavy atom. The number of nitrogens with one attached hydrogen (secondary N) is 1. The van der Waals surface area contributed by atoms with Crippen LogP contribution in [-0.2, 0) is 4.79 Å². The molecule has 0 bridgehead atoms. The van der Waals surface area contributed by atoms with E-state index in [1.165, 1.54) is 24.6 Å². The van der Waals surface area contributed by atoms with Crippen molar-refractivity contribution in [3.8, 4) is 17.9 Å². The second kappa shape index (κ2) is 10.1. The molecule has 6 heteroatoms. The van der Waals surface area contributed by atoms with Gasteiger partial charge in [0.1, 0.15) is 12.4 Å². The smallest absolute Gasteiger partial charge is 0.265 e. The van der Waals surface area contributed by atoms with Gasteiger partial charge in [-0.25, -0.2) is 0 Å². The van der Waals surface area contributed by atoms with E-state index in [2.05, 4.69) is 17.2 Å². The SMILES string of the molecule is N#Cc1ccc(NC(=O)C(O)C#Cc2ccc(C=O)cc2C2CCCCC2)cc1Cl. The molecule has 1 aliphatic rings. The van der Waals surface area contributed by atoms with E-state index in [9.17, 15) is 14.7 Å². The number of aldehydes is 1. The zero-order valence-electron chi connectivity index (χ0n) is 16.3. The molecule has 3 rings (SSSR count). The molecule has 2 aromatic rings. The van der Waals surface area contributed by atoms with E-state index in [-0.39, 0.29) is 5.02 Å². The number of benzene rings is 2. The molecule has 0 radical (unpaired) electrons. The number of nitrogens with zero attached hydrogens (tertiary/aromatic N) is 1. The lowest BCUT2D eigenvalue weighted by Crippen LogP contribution is -2.26. The fourth-order valence-corrected chi connectivity index (χ4v) is 3.85. The molecule has 5 nitrogen and oxygen atoms in total. The van der Waals surface area contributed by atoms with E-state index in [0.717, 1.165) is 43.1 Å². The van der Waals surface area contributed by atoms with Crippen LogP contribution in [0.4, 0.5) is 5.69 Å². The average Bonchev–Trinajstić information content (AvgIpc) is 2.78. The van der Waals surface area contributed by atoms with Crippen LogP contribution in [0, 0.1) is 23.2 Å². The second-order valence-corrected chi connectivity index (χ2v) is 7.67. The summed E-state index contributed by atoms with van der Waals surface area (Å²) in [5.74, 6) is 5.15. The number of aliphatic hydroxyl groups excluding tert-OH is 1. The number of anilines is 1. The number of nitriles is 1. The molecule has 1 saturated carbocycles. The number of amides is 1. The van der Waals surface area contributed by atoms with Gasteiger partial charge in [-0.15, -0.1) is 0 Å². The number of halogens is 1. The Balaban J connectivity index is 1.77. The van der Waals surface area contributed by atoms with Gasteiger partial charge in [0, 0.05) is 16.8 Å². The zero-order chi connectivity index (χ0) is 21.5. The zero-order valence-corrected chi connectivity index (χ0v) is 17.1. The minimum atomic E-state index is -1.54. The van der Waals surface area contributed by atoms with Crippen LogP contribution >= 0.6 is 11.6 Å². The van der Waals surface area contributed by atoms with Gasteiger partial charge in [-0.1, -0.05) is 48.8 Å². The van der Waals surface area contributed by atoms with Gasteiger partial charge < -0.3 is 10.4 Å². The van der Waals surface area contributed by atoms with Crippen molar-refractivity contribution in [1.29, 1.82) is 5.26 Å². The minimum Gasteiger partial charge on any atom is -0.372 e. The molecule has 2 aromatic carbocycles. The molecule has 1 amide bonds. The highest BCUT2D eigenvalue weighted by Gasteiger charge is 2.19. The van der Waals surface area contributed by atoms with Gasteiger partial charge in [-0.2, -0.15) is 5.26 Å². The van der Waals surface area contributed by atoms with Gasteiger partial charge in [0.15, 0.2) is 6.10 Å². The van der Waals surface area contributed by atoms with Crippen molar-refractivity contribution < 1.29 is 14.7 Å². The largest absolute Gasteiger partial charge is 0.372 e. The maximum Gasteiger partial charge on any atom is 0.265 e. The third-order valence-corrected chi connectivity index (χ3v) is 5.52. The Morgan fingerprint density at radius 3 is 2.57 bits per heavy atom. The molecule has 1 aliphatic carbocycles. The van der Waals surface area contributed by atoms with Gasteiger partial charge >= 0.3 is 0 Å². The first-order valence-corrected chi connectivity index (χ1v) is 10.2. The van der Waals surface area contributed by atoms with Gasteiger partial charge in [-0.05, 0) is 54.7 Å². The second-order valence-electron chi connectivity index (χ2n) is 7.27. The molecular formula is C24H21ClN2O3. The molecule has 1 atom stereocenters. The highest BCUT2D eigenvalue weighted by molar-refractivity contribution is 6.32. The van der Waals surface area contributed by atoms with Crippen LogP contribution in [0.3, 0.4) is 0 Å². The Hall–Kier alpha value is -3.12. The van der Waals surface area contributed by atoms with Crippen LogP contribution in [0.25, 0.3) is 0 Å². The standard InChI is InChI=1S/C24H21ClN2O3/c25-22-13-20(10-8-19(22)14-26)27-24(30)23(29)11-9-18-7-6-16(15-28)12-21(18)17-4-2-1-3-5-17/h6-8,10,12-13,15,17,23,29H,1-5H2,(H,27,30). The summed E-state index contributed by atoms with van der Waals surface area (Å²) >= 11 is 5.96. The number of hydrogen-bond donors (Lipinski definition) is 2. The van der Waals surface area contributed by atoms with Crippen molar-refractivity contribution in [2.75, 3.05) is 5.32 Å². The third-order valence-electron chi connectivity index (χ3n) is 5.21. The van der Waals surface area contributed by atoms with Crippen molar-refractivity contribution in [2.24, 2.45) is 0 Å². The lowest BCUT2D eigenvalue weighted by atomic mass is 9.81. The first-order valence-electron chi connectivity index (χ1n) is 9.81. The number of carbonyl (C=O) groups is 2. The van der Waals surface area contributed by atoms with Gasteiger partial charge in [0.05, 0.1) is 10.6 Å². The van der Waals surface area contributed by atoms with E-state index in [0.29, 0.717) is 22.7 Å². The van der Waals surface area contributed by atoms with E-state index >= 15 is 0 Å². The molecule has 152 valence electrons. The van der Waals surface area contributed by atoms with Crippen molar-refractivity contribution in [3.63, 3.8) is 0 Å². The Kier molecular flexibility index (Phi) is 7.25. The highest BCUT2D eigenvalue weighted by Crippen LogP contribution is 2.34. The minimum absolute atomic E-state index is 0.211. The van der Waals surface area contributed by atoms with E-state index < -0.39 is 12.0 Å². The molecule has 2 N–H and O–H groups in total. The normalized spacial score (nSPS) is 14.7. The maximum absolute atomic E-state index is 12.3. The summed E-state index contributed by atoms with van der Waals surface area (Å²) in [6.07, 6.45) is 4.85. The fraction of sp³-hybridized carbons (Fsp3) is 0.292. The molecular weight excluding hydrogens is 400 g/mol. The first kappa shape index (κ1) is 21.6. The Bertz CT molecular complexity index is 1060. The van der Waals surface area contributed by atoms with Gasteiger partial charge in [0.25, 0.3) is 5.91 Å². The Labute approximate surface area is 180 Å². The molecule has 0 aromatic heterocycles. The van der Waals surface area contributed by atoms with Crippen molar-refractivity contribution >= 4 is 29.5 Å². The summed E-state index contributed by atoms with van der Waals surface area (Å²) in [7, 11) is 0. The molecule has 1 unspecified atom stereocenters. The molecule has 0 saturated heterocycles. The van der Waals surface area contributed by atoms with E-state index in [1.807, 2.05) is 12.1 Å². The summed E-state index contributed by atoms with van der Waals surface area (Å²) in [5, 5.41) is 21.8. The number of hydrogen-bond acceptors (Lipinski definition) is 4. The topological polar surface area (TPSA) is 90.2 Å². The monoisotopic (exact) mass is 420 g/mol. The predicted molar refractivity (Wildman–Crippen MR) is 115 cm³/mol. The van der Waals surface area contributed by atoms with Crippen LogP contribution in [0.1, 0.15) is 65.1 Å². The summed E-state index contributed by atoms with van der Waals surface area (Å²) in [4.78, 5) is 23.5. The first-order chi connectivity index (χ1) is 14.5. The molecule has 30 heavy (non-hydrogen) atoms. The fourth-order valence-electron chi connectivity index (χ4n) is 3.63. The van der Waals surface area contributed by atoms with E-state index in [1.54, 1.807) is 12.1 Å². The Morgan fingerprint density at radius 1 is 1.17 bits per heavy atom. The van der Waals surface area contributed by atoms with Crippen LogP contribution in [0.2, 0.25) is 5.02 Å². The number of aliphatic hydroxyl groups is 1. The van der Waals surface area contributed by atoms with Crippen molar-refractivity contribution in [2.45, 2.75) is 44.1 Å². The van der Waals surface area contributed by atoms with Crippen molar-refractivity contribution in [1.82, 2.24) is 0 Å². The third kappa shape index (κ3) is 5.27. The van der Waals surface area contributed by atoms with Gasteiger partial charge in [-0.3, -0.25) is 9.59 Å². The molecule has 0 aliphatic heterocycles. The summed E-state index contributed by atoms with van der Waals surface area (Å²) in [6.45, 7) is 0. The lowest BCUT2D eigenvalue weighted by Gasteiger charge is -2.23. The molecule has 1 fully saturated rings. The van der Waals surface area contributed by atoms with Crippen molar-refractivity contribution in [3.05, 3.63) is 63.7 Å². The summed E-state index contributed by atoms with van der Waals surface area (Å²) in [6, 6.07) is 11.7. The highest BCUT2D eigenvalue weighted by atomic mass is 35.5. The van der Waals surface area contributed by atoms with Crippen LogP contribution < -0.4 is 5.32 Å². The van der Waals surface area contributed by atoms with Crippen LogP contribution in [-0.4, -0.2) is 23.4 Å². The maximum atomic E-state index is 12.3.